The van der Waals surface area contributed by atoms with Crippen molar-refractivity contribution in [3.63, 3.8) is 0 Å². The maximum Gasteiger partial charge on any atom is 0.291 e. The van der Waals surface area contributed by atoms with Crippen LogP contribution in [0.2, 0.25) is 5.02 Å². The van der Waals surface area contributed by atoms with Crippen molar-refractivity contribution in [1.82, 2.24) is 5.32 Å². The van der Waals surface area contributed by atoms with Crippen LogP contribution in [0.5, 0.6) is 0 Å². The molecule has 4 rings (SSSR count). The molecule has 0 bridgehead atoms. The lowest BCUT2D eigenvalue weighted by Crippen LogP contribution is -2.34. The van der Waals surface area contributed by atoms with Crippen LogP contribution in [-0.4, -0.2) is 16.9 Å². The standard InChI is InChI=1S/C23H16ClN3O3S/c24-19-7-2-4-16-17(19)5-1-6-18(16)21(28)27-23(31)26-15-11-9-14(10-12-15)25-22(29)20-8-3-13-30-20/h1-13H,(H,25,29)(H2,26,27,28,31). The van der Waals surface area contributed by atoms with Gasteiger partial charge in [-0.05, 0) is 66.1 Å². The first-order valence-electron chi connectivity index (χ1n) is 9.26. The summed E-state index contributed by atoms with van der Waals surface area (Å²) in [6, 6.07) is 20.9. The van der Waals surface area contributed by atoms with Gasteiger partial charge in [-0.2, -0.15) is 0 Å². The monoisotopic (exact) mass is 449 g/mol. The number of thiocarbonyl (C=S) groups is 1. The minimum atomic E-state index is -0.344. The summed E-state index contributed by atoms with van der Waals surface area (Å²) in [5, 5.41) is 10.6. The van der Waals surface area contributed by atoms with Crippen LogP contribution in [0, 0.1) is 0 Å². The predicted molar refractivity (Wildman–Crippen MR) is 126 cm³/mol. The number of amides is 2. The molecule has 2 amide bonds. The summed E-state index contributed by atoms with van der Waals surface area (Å²) in [6.07, 6.45) is 1.43. The van der Waals surface area contributed by atoms with Crippen molar-refractivity contribution in [2.75, 3.05) is 10.6 Å². The van der Waals surface area contributed by atoms with Gasteiger partial charge in [-0.1, -0.05) is 35.9 Å². The second-order valence-electron chi connectivity index (χ2n) is 6.56. The lowest BCUT2D eigenvalue weighted by molar-refractivity contribution is 0.0976. The van der Waals surface area contributed by atoms with E-state index in [1.807, 2.05) is 12.1 Å². The van der Waals surface area contributed by atoms with Gasteiger partial charge in [-0.25, -0.2) is 0 Å². The minimum absolute atomic E-state index is 0.149. The van der Waals surface area contributed by atoms with Gasteiger partial charge in [0.1, 0.15) is 0 Å². The molecule has 0 saturated heterocycles. The summed E-state index contributed by atoms with van der Waals surface area (Å²) in [4.78, 5) is 24.7. The molecule has 0 saturated carbocycles. The third-order valence-corrected chi connectivity index (χ3v) is 5.02. The Balaban J connectivity index is 1.39. The molecule has 0 aliphatic rings. The third-order valence-electron chi connectivity index (χ3n) is 4.49. The van der Waals surface area contributed by atoms with E-state index in [4.69, 9.17) is 28.2 Å². The smallest absolute Gasteiger partial charge is 0.291 e. The van der Waals surface area contributed by atoms with Crippen LogP contribution in [-0.2, 0) is 0 Å². The largest absolute Gasteiger partial charge is 0.459 e. The average molecular weight is 450 g/mol. The number of furan rings is 1. The van der Waals surface area contributed by atoms with E-state index in [9.17, 15) is 9.59 Å². The molecule has 0 aliphatic heterocycles. The molecule has 0 radical (unpaired) electrons. The highest BCUT2D eigenvalue weighted by Gasteiger charge is 2.13. The molecule has 1 heterocycles. The molecule has 3 aromatic carbocycles. The van der Waals surface area contributed by atoms with Gasteiger partial charge in [0, 0.05) is 27.3 Å². The van der Waals surface area contributed by atoms with Crippen molar-refractivity contribution in [1.29, 1.82) is 0 Å². The summed E-state index contributed by atoms with van der Waals surface area (Å²) >= 11 is 11.5. The fourth-order valence-corrected chi connectivity index (χ4v) is 3.49. The molecule has 0 fully saturated rings. The Morgan fingerprint density at radius 1 is 0.774 bits per heavy atom. The molecule has 3 N–H and O–H groups in total. The minimum Gasteiger partial charge on any atom is -0.459 e. The van der Waals surface area contributed by atoms with Gasteiger partial charge >= 0.3 is 0 Å². The van der Waals surface area contributed by atoms with Gasteiger partial charge in [0.25, 0.3) is 11.8 Å². The fourth-order valence-electron chi connectivity index (χ4n) is 3.04. The van der Waals surface area contributed by atoms with E-state index in [1.54, 1.807) is 60.7 Å². The number of hydrogen-bond donors (Lipinski definition) is 3. The number of anilines is 2. The summed E-state index contributed by atoms with van der Waals surface area (Å²) in [5.41, 5.74) is 1.72. The fraction of sp³-hybridized carbons (Fsp3) is 0. The van der Waals surface area contributed by atoms with Gasteiger partial charge in [-0.15, -0.1) is 0 Å². The number of fused-ring (bicyclic) bond motifs is 1. The lowest BCUT2D eigenvalue weighted by Gasteiger charge is -2.12. The van der Waals surface area contributed by atoms with Gasteiger partial charge in [0.05, 0.1) is 6.26 Å². The van der Waals surface area contributed by atoms with Crippen molar-refractivity contribution in [3.05, 3.63) is 95.4 Å². The van der Waals surface area contributed by atoms with Crippen LogP contribution in [0.15, 0.2) is 83.5 Å². The van der Waals surface area contributed by atoms with Crippen LogP contribution in [0.4, 0.5) is 11.4 Å². The zero-order valence-corrected chi connectivity index (χ0v) is 17.6. The normalized spacial score (nSPS) is 10.5. The number of carbonyl (C=O) groups excluding carboxylic acids is 2. The number of hydrogen-bond acceptors (Lipinski definition) is 4. The van der Waals surface area contributed by atoms with Crippen LogP contribution in [0.25, 0.3) is 10.8 Å². The predicted octanol–water partition coefficient (Wildman–Crippen LogP) is 5.47. The number of rotatable bonds is 4. The second-order valence-corrected chi connectivity index (χ2v) is 7.37. The Kier molecular flexibility index (Phi) is 5.97. The Labute approximate surface area is 188 Å². The number of nitrogens with one attached hydrogen (secondary N) is 3. The Morgan fingerprint density at radius 3 is 2.16 bits per heavy atom. The first-order chi connectivity index (χ1) is 15.0. The Morgan fingerprint density at radius 2 is 1.45 bits per heavy atom. The first kappa shape index (κ1) is 20.6. The molecule has 6 nitrogen and oxygen atoms in total. The maximum absolute atomic E-state index is 12.7. The van der Waals surface area contributed by atoms with Crippen molar-refractivity contribution < 1.29 is 14.0 Å². The third kappa shape index (κ3) is 4.74. The van der Waals surface area contributed by atoms with E-state index in [1.165, 1.54) is 6.26 Å². The quantitative estimate of drug-likeness (QED) is 0.360. The molecule has 31 heavy (non-hydrogen) atoms. The van der Waals surface area contributed by atoms with Crippen LogP contribution >= 0.6 is 23.8 Å². The summed E-state index contributed by atoms with van der Waals surface area (Å²) in [5.74, 6) is -0.461. The van der Waals surface area contributed by atoms with E-state index >= 15 is 0 Å². The second kappa shape index (κ2) is 8.99. The Bertz CT molecular complexity index is 1270. The summed E-state index contributed by atoms with van der Waals surface area (Å²) < 4.78 is 5.06. The highest BCUT2D eigenvalue weighted by molar-refractivity contribution is 7.80. The zero-order valence-electron chi connectivity index (χ0n) is 16.0. The molecule has 0 atom stereocenters. The van der Waals surface area contributed by atoms with Gasteiger partial charge in [-0.3, -0.25) is 14.9 Å². The molecule has 0 unspecified atom stereocenters. The first-order valence-corrected chi connectivity index (χ1v) is 10.0. The molecular formula is C23H16ClN3O3S. The van der Waals surface area contributed by atoms with Crippen molar-refractivity contribution in [2.24, 2.45) is 0 Å². The topological polar surface area (TPSA) is 83.4 Å². The Hall–Kier alpha value is -3.68. The molecule has 8 heteroatoms. The molecule has 0 spiro atoms. The van der Waals surface area contributed by atoms with E-state index < -0.39 is 0 Å². The van der Waals surface area contributed by atoms with Crippen LogP contribution in [0.1, 0.15) is 20.9 Å². The van der Waals surface area contributed by atoms with E-state index in [0.29, 0.717) is 22.0 Å². The van der Waals surface area contributed by atoms with E-state index in [0.717, 1.165) is 10.8 Å². The van der Waals surface area contributed by atoms with Crippen molar-refractivity contribution in [3.8, 4) is 0 Å². The number of benzene rings is 3. The number of halogens is 1. The average Bonchev–Trinajstić information content (AvgIpc) is 3.30. The molecule has 1 aromatic heterocycles. The van der Waals surface area contributed by atoms with Crippen LogP contribution in [0.3, 0.4) is 0 Å². The van der Waals surface area contributed by atoms with E-state index in [2.05, 4.69) is 16.0 Å². The molecule has 154 valence electrons. The zero-order chi connectivity index (χ0) is 21.8. The van der Waals surface area contributed by atoms with Crippen molar-refractivity contribution >= 4 is 62.9 Å². The molecule has 0 aliphatic carbocycles. The highest BCUT2D eigenvalue weighted by Crippen LogP contribution is 2.26. The lowest BCUT2D eigenvalue weighted by atomic mass is 10.0. The maximum atomic E-state index is 12.7. The summed E-state index contributed by atoms with van der Waals surface area (Å²) in [6.45, 7) is 0. The molecule has 4 aromatic rings. The SMILES string of the molecule is O=C(Nc1ccc(NC(=S)NC(=O)c2cccc3c(Cl)cccc23)cc1)c1ccco1. The van der Waals surface area contributed by atoms with Gasteiger partial charge in [0.2, 0.25) is 0 Å². The highest BCUT2D eigenvalue weighted by atomic mass is 35.5. The number of carbonyl (C=O) groups is 2. The van der Waals surface area contributed by atoms with Gasteiger partial charge in [0.15, 0.2) is 10.9 Å². The molecular weight excluding hydrogens is 434 g/mol. The van der Waals surface area contributed by atoms with Gasteiger partial charge < -0.3 is 15.1 Å². The van der Waals surface area contributed by atoms with E-state index in [-0.39, 0.29) is 22.7 Å². The van der Waals surface area contributed by atoms with Crippen molar-refractivity contribution in [2.45, 2.75) is 0 Å². The van der Waals surface area contributed by atoms with Crippen LogP contribution < -0.4 is 16.0 Å². The summed E-state index contributed by atoms with van der Waals surface area (Å²) in [7, 11) is 0.